The summed E-state index contributed by atoms with van der Waals surface area (Å²) in [6, 6.07) is 6.97. The highest BCUT2D eigenvalue weighted by Gasteiger charge is 2.25. The van der Waals surface area contributed by atoms with Crippen molar-refractivity contribution < 1.29 is 12.8 Å². The number of hydrogen-bond donors (Lipinski definition) is 1. The zero-order valence-electron chi connectivity index (χ0n) is 13.0. The molecule has 2 heterocycles. The lowest BCUT2D eigenvalue weighted by Gasteiger charge is -2.27. The van der Waals surface area contributed by atoms with E-state index in [0.717, 1.165) is 43.6 Å². The third-order valence-electron chi connectivity index (χ3n) is 4.10. The zero-order valence-corrected chi connectivity index (χ0v) is 15.5. The Balaban J connectivity index is 0.00000208. The number of hydrogen-bond acceptors (Lipinski definition) is 4. The van der Waals surface area contributed by atoms with E-state index in [-0.39, 0.29) is 23.3 Å². The SMILES string of the molecule is Cl.O=S(=O)(NCC(c1ccsc1)N1CCCC1)c1ccc(F)cc1. The molecule has 1 N–H and O–H groups in total. The summed E-state index contributed by atoms with van der Waals surface area (Å²) < 4.78 is 40.4. The van der Waals surface area contributed by atoms with Crippen LogP contribution in [0.25, 0.3) is 0 Å². The Labute approximate surface area is 152 Å². The van der Waals surface area contributed by atoms with Crippen molar-refractivity contribution in [1.82, 2.24) is 9.62 Å². The van der Waals surface area contributed by atoms with Gasteiger partial charge in [-0.3, -0.25) is 4.90 Å². The number of sulfonamides is 1. The molecule has 3 rings (SSSR count). The molecule has 0 radical (unpaired) electrons. The minimum Gasteiger partial charge on any atom is -0.295 e. The molecule has 1 aromatic carbocycles. The molecule has 1 aromatic heterocycles. The van der Waals surface area contributed by atoms with Crippen LogP contribution in [0.4, 0.5) is 4.39 Å². The maximum absolute atomic E-state index is 13.0. The fourth-order valence-electron chi connectivity index (χ4n) is 2.86. The summed E-state index contributed by atoms with van der Waals surface area (Å²) in [5.74, 6) is -0.447. The van der Waals surface area contributed by atoms with E-state index in [1.165, 1.54) is 12.1 Å². The van der Waals surface area contributed by atoms with E-state index in [9.17, 15) is 12.8 Å². The second-order valence-corrected chi connectivity index (χ2v) is 8.17. The van der Waals surface area contributed by atoms with Crippen LogP contribution in [-0.4, -0.2) is 33.0 Å². The van der Waals surface area contributed by atoms with E-state index in [2.05, 4.69) is 15.0 Å². The van der Waals surface area contributed by atoms with Gasteiger partial charge in [-0.2, -0.15) is 11.3 Å². The highest BCUT2D eigenvalue weighted by Crippen LogP contribution is 2.26. The normalized spacial score (nSPS) is 16.7. The first-order chi connectivity index (χ1) is 11.1. The van der Waals surface area contributed by atoms with E-state index in [0.29, 0.717) is 6.54 Å². The monoisotopic (exact) mass is 390 g/mol. The van der Waals surface area contributed by atoms with Crippen molar-refractivity contribution in [3.05, 3.63) is 52.5 Å². The van der Waals surface area contributed by atoms with Crippen LogP contribution in [0.3, 0.4) is 0 Å². The topological polar surface area (TPSA) is 49.4 Å². The van der Waals surface area contributed by atoms with E-state index in [1.807, 2.05) is 11.4 Å². The van der Waals surface area contributed by atoms with Gasteiger partial charge < -0.3 is 0 Å². The van der Waals surface area contributed by atoms with Crippen molar-refractivity contribution in [3.8, 4) is 0 Å². The number of nitrogens with zero attached hydrogens (tertiary/aromatic N) is 1. The lowest BCUT2D eigenvalue weighted by atomic mass is 10.1. The summed E-state index contributed by atoms with van der Waals surface area (Å²) >= 11 is 1.61. The largest absolute Gasteiger partial charge is 0.295 e. The van der Waals surface area contributed by atoms with E-state index in [4.69, 9.17) is 0 Å². The van der Waals surface area contributed by atoms with Gasteiger partial charge in [0.05, 0.1) is 4.90 Å². The maximum Gasteiger partial charge on any atom is 0.240 e. The van der Waals surface area contributed by atoms with Crippen LogP contribution >= 0.6 is 23.7 Å². The van der Waals surface area contributed by atoms with Gasteiger partial charge in [0.15, 0.2) is 0 Å². The third kappa shape index (κ3) is 4.55. The fraction of sp³-hybridized carbons (Fsp3) is 0.375. The predicted octanol–water partition coefficient (Wildman–Crippen LogP) is 3.42. The second kappa shape index (κ2) is 8.40. The maximum atomic E-state index is 13.0. The molecule has 1 atom stereocenters. The smallest absolute Gasteiger partial charge is 0.240 e. The van der Waals surface area contributed by atoms with Gasteiger partial charge in [0, 0.05) is 12.6 Å². The average Bonchev–Trinajstić information content (AvgIpc) is 3.21. The molecule has 0 spiro atoms. The van der Waals surface area contributed by atoms with Crippen molar-refractivity contribution in [2.45, 2.75) is 23.8 Å². The first-order valence-corrected chi connectivity index (χ1v) is 10.0. The Kier molecular flexibility index (Phi) is 6.77. The Morgan fingerprint density at radius 2 is 1.83 bits per heavy atom. The van der Waals surface area contributed by atoms with Crippen LogP contribution in [-0.2, 0) is 10.0 Å². The number of halogens is 2. The highest BCUT2D eigenvalue weighted by molar-refractivity contribution is 7.89. The lowest BCUT2D eigenvalue weighted by Crippen LogP contribution is -2.36. The summed E-state index contributed by atoms with van der Waals surface area (Å²) in [4.78, 5) is 2.40. The molecule has 8 heteroatoms. The molecule has 0 saturated carbocycles. The van der Waals surface area contributed by atoms with Gasteiger partial charge >= 0.3 is 0 Å². The Morgan fingerprint density at radius 3 is 2.42 bits per heavy atom. The molecule has 1 fully saturated rings. The van der Waals surface area contributed by atoms with Crippen molar-refractivity contribution in [1.29, 1.82) is 0 Å². The second-order valence-electron chi connectivity index (χ2n) is 5.62. The molecule has 24 heavy (non-hydrogen) atoms. The summed E-state index contributed by atoms with van der Waals surface area (Å²) in [7, 11) is -3.63. The van der Waals surface area contributed by atoms with Gasteiger partial charge in [0.25, 0.3) is 0 Å². The summed E-state index contributed by atoms with van der Waals surface area (Å²) in [6.07, 6.45) is 2.29. The van der Waals surface area contributed by atoms with Crippen molar-refractivity contribution in [2.75, 3.05) is 19.6 Å². The van der Waals surface area contributed by atoms with Crippen LogP contribution in [0, 0.1) is 5.82 Å². The van der Waals surface area contributed by atoms with Gasteiger partial charge in [0.2, 0.25) is 10.0 Å². The molecule has 132 valence electrons. The van der Waals surface area contributed by atoms with Gasteiger partial charge in [-0.1, -0.05) is 0 Å². The lowest BCUT2D eigenvalue weighted by molar-refractivity contribution is 0.247. The van der Waals surface area contributed by atoms with E-state index < -0.39 is 15.8 Å². The summed E-state index contributed by atoms with van der Waals surface area (Å²) in [5, 5.41) is 4.07. The molecule has 1 aliphatic heterocycles. The molecule has 1 unspecified atom stereocenters. The fourth-order valence-corrected chi connectivity index (χ4v) is 4.61. The van der Waals surface area contributed by atoms with Crippen molar-refractivity contribution in [3.63, 3.8) is 0 Å². The van der Waals surface area contributed by atoms with Crippen molar-refractivity contribution in [2.24, 2.45) is 0 Å². The average molecular weight is 391 g/mol. The van der Waals surface area contributed by atoms with E-state index in [1.54, 1.807) is 11.3 Å². The van der Waals surface area contributed by atoms with Crippen LogP contribution in [0.5, 0.6) is 0 Å². The quantitative estimate of drug-likeness (QED) is 0.822. The molecule has 0 amide bonds. The highest BCUT2D eigenvalue weighted by atomic mass is 35.5. The molecule has 0 bridgehead atoms. The Hall–Kier alpha value is -0.990. The van der Waals surface area contributed by atoms with Gasteiger partial charge in [-0.05, 0) is 72.6 Å². The Morgan fingerprint density at radius 1 is 1.17 bits per heavy atom. The van der Waals surface area contributed by atoms with Crippen LogP contribution < -0.4 is 4.72 Å². The molecular formula is C16H20ClFN2O2S2. The number of rotatable bonds is 6. The predicted molar refractivity (Wildman–Crippen MR) is 96.7 cm³/mol. The van der Waals surface area contributed by atoms with Crippen molar-refractivity contribution >= 4 is 33.8 Å². The first kappa shape index (κ1) is 19.3. The summed E-state index contributed by atoms with van der Waals surface area (Å²) in [5.41, 5.74) is 1.14. The van der Waals surface area contributed by atoms with Gasteiger partial charge in [-0.15, -0.1) is 12.4 Å². The standard InChI is InChI=1S/C16H19FN2O2S2.ClH/c17-14-3-5-15(6-4-14)23(20,21)18-11-16(13-7-10-22-12-13)19-8-1-2-9-19;/h3-7,10,12,16,18H,1-2,8-9,11H2;1H. The number of likely N-dealkylation sites (tertiary alicyclic amines) is 1. The molecule has 2 aromatic rings. The number of nitrogens with one attached hydrogen (secondary N) is 1. The number of thiophene rings is 1. The third-order valence-corrected chi connectivity index (χ3v) is 6.24. The zero-order chi connectivity index (χ0) is 16.3. The van der Waals surface area contributed by atoms with Crippen LogP contribution in [0.1, 0.15) is 24.4 Å². The summed E-state index contributed by atoms with van der Waals surface area (Å²) in [6.45, 7) is 2.29. The molecular weight excluding hydrogens is 371 g/mol. The molecule has 1 saturated heterocycles. The minimum atomic E-state index is -3.63. The van der Waals surface area contributed by atoms with Gasteiger partial charge in [-0.25, -0.2) is 17.5 Å². The molecule has 0 aliphatic carbocycles. The van der Waals surface area contributed by atoms with Crippen LogP contribution in [0.15, 0.2) is 46.0 Å². The Bertz CT molecular complexity index is 730. The minimum absolute atomic E-state index is 0. The molecule has 1 aliphatic rings. The molecule has 4 nitrogen and oxygen atoms in total. The first-order valence-electron chi connectivity index (χ1n) is 7.58. The number of benzene rings is 1. The van der Waals surface area contributed by atoms with Gasteiger partial charge in [0.1, 0.15) is 5.82 Å². The van der Waals surface area contributed by atoms with E-state index >= 15 is 0 Å². The van der Waals surface area contributed by atoms with Crippen LogP contribution in [0.2, 0.25) is 0 Å².